The van der Waals surface area contributed by atoms with E-state index in [1.807, 2.05) is 24.5 Å². The van der Waals surface area contributed by atoms with Crippen LogP contribution in [0.4, 0.5) is 103 Å². The van der Waals surface area contributed by atoms with Crippen LogP contribution in [0.2, 0.25) is 20.4 Å². The van der Waals surface area contributed by atoms with Gasteiger partial charge in [-0.3, -0.25) is 37.8 Å². The van der Waals surface area contributed by atoms with Crippen LogP contribution in [0.25, 0.3) is 84.5 Å². The number of nitrogens with zero attached hydrogens (tertiary/aromatic N) is 25. The van der Waals surface area contributed by atoms with Gasteiger partial charge in [0.25, 0.3) is 0 Å². The molecule has 0 aliphatic heterocycles. The highest BCUT2D eigenvalue weighted by Crippen LogP contribution is 2.34. The molecule has 0 unspecified atom stereocenters. The Kier molecular flexibility index (Phi) is 29.2. The minimum absolute atomic E-state index is 0.0168. The SMILES string of the molecule is Cc1nc2cc(F)c(F)cc2n1-c1cncc(Nc2ccc(NCCO)nc2)n1.Cc1nc2cc(F)ccc2n1-c1cncc(Nc2ccc(Cl)nc2)n1.Cc1nc2ccc(F)cc2n1-c1cncc(Nc2ccc(Cl)nc2)n1.Cc1nc2ncc(Cl)cc2n1-c1cc(C#N)cc(Nc2ccc(OC(F)F)c(F)c2)n1.Cc1nc2ncc(Cl)cc2n1-c1cc(C#N)cc(Nc2ccc(OC(F)F)cc2)n1. The molecule has 7 N–H and O–H groups in total. The van der Waals surface area contributed by atoms with Crippen molar-refractivity contribution in [3.63, 3.8) is 0 Å². The molecule has 20 aromatic rings. The minimum Gasteiger partial charge on any atom is -0.435 e. The molecule has 0 bridgehead atoms. The van der Waals surface area contributed by atoms with Crippen LogP contribution >= 0.6 is 46.4 Å². The van der Waals surface area contributed by atoms with Crippen LogP contribution in [0.5, 0.6) is 11.5 Å². The first-order chi connectivity index (χ1) is 67.5. The van der Waals surface area contributed by atoms with E-state index in [1.54, 1.807) is 173 Å². The fraction of sp³-hybridized carbons (Fsp3) is 0.0968. The summed E-state index contributed by atoms with van der Waals surface area (Å²) in [6, 6.07) is 44.7. The maximum absolute atomic E-state index is 14.0. The summed E-state index contributed by atoms with van der Waals surface area (Å²) >= 11 is 23.7. The van der Waals surface area contributed by atoms with E-state index in [9.17, 15) is 50.0 Å². The first kappa shape index (κ1) is 95.8. The molecular formula is C93H66Cl4F9N31O3. The van der Waals surface area contributed by atoms with Gasteiger partial charge < -0.3 is 46.5 Å². The number of aromatic nitrogens is 23. The smallest absolute Gasteiger partial charge is 0.387 e. The summed E-state index contributed by atoms with van der Waals surface area (Å²) in [5.41, 5.74) is 9.22. The number of alkyl halides is 4. The van der Waals surface area contributed by atoms with Crippen LogP contribution in [-0.2, 0) is 0 Å². The van der Waals surface area contributed by atoms with E-state index in [4.69, 9.17) is 51.5 Å². The number of halogens is 13. The van der Waals surface area contributed by atoms with Gasteiger partial charge in [-0.05, 0) is 168 Å². The first-order valence-corrected chi connectivity index (χ1v) is 42.7. The Hall–Kier alpha value is -17.4. The number of ether oxygens (including phenoxy) is 2. The van der Waals surface area contributed by atoms with E-state index in [0.717, 1.165) is 41.2 Å². The number of hydrogen-bond acceptors (Lipinski definition) is 29. The Morgan fingerprint density at radius 1 is 0.343 bits per heavy atom. The van der Waals surface area contributed by atoms with Gasteiger partial charge >= 0.3 is 13.2 Å². The van der Waals surface area contributed by atoms with Gasteiger partial charge in [0, 0.05) is 60.6 Å². The summed E-state index contributed by atoms with van der Waals surface area (Å²) in [4.78, 5) is 77.8. The van der Waals surface area contributed by atoms with Crippen molar-refractivity contribution in [1.82, 2.24) is 113 Å². The highest BCUT2D eigenvalue weighted by Gasteiger charge is 2.23. The quantitative estimate of drug-likeness (QED) is 0.0245. The molecule has 140 heavy (non-hydrogen) atoms. The van der Waals surface area contributed by atoms with Gasteiger partial charge in [0.05, 0.1) is 157 Å². The van der Waals surface area contributed by atoms with Crippen molar-refractivity contribution in [1.29, 1.82) is 10.5 Å². The van der Waals surface area contributed by atoms with Crippen LogP contribution in [0.15, 0.2) is 232 Å². The lowest BCUT2D eigenvalue weighted by Crippen LogP contribution is -2.07. The second kappa shape index (κ2) is 42.7. The van der Waals surface area contributed by atoms with Gasteiger partial charge in [-0.15, -0.1) is 0 Å². The first-order valence-electron chi connectivity index (χ1n) is 41.2. The number of aryl methyl sites for hydroxylation is 5. The molecule has 47 heteroatoms. The van der Waals surface area contributed by atoms with E-state index >= 15 is 0 Å². The van der Waals surface area contributed by atoms with Gasteiger partial charge in [-0.25, -0.2) is 96.7 Å². The predicted molar refractivity (Wildman–Crippen MR) is 507 cm³/mol. The van der Waals surface area contributed by atoms with Gasteiger partial charge in [0.1, 0.15) is 85.9 Å². The third kappa shape index (κ3) is 23.0. The summed E-state index contributed by atoms with van der Waals surface area (Å²) in [6.45, 7) is 3.34. The summed E-state index contributed by atoms with van der Waals surface area (Å²) in [5, 5.41) is 47.6. The number of hydrogen-bond donors (Lipinski definition) is 7. The Morgan fingerprint density at radius 3 is 1.24 bits per heavy atom. The number of pyridine rings is 7. The number of fused-ring (bicyclic) bond motifs is 5. The lowest BCUT2D eigenvalue weighted by atomic mass is 10.2. The zero-order valence-electron chi connectivity index (χ0n) is 72.9. The van der Waals surface area contributed by atoms with Gasteiger partial charge in [0.2, 0.25) is 0 Å². The number of imidazole rings is 5. The molecule has 34 nitrogen and oxygen atoms in total. The zero-order valence-corrected chi connectivity index (χ0v) is 75.9. The maximum Gasteiger partial charge on any atom is 0.387 e. The average Bonchev–Trinajstić information content (AvgIpc) is 1.63. The standard InChI is InChI=1S/C20H12ClF3N6O.C20H13ClF2N6O.C19H17F2N7O.2C17H12ClFN6/c1-10-27-19-15(6-12(21)9-26-19)30(10)18-5-11(8-25)4-17(29-18)28-13-2-3-16(14(22)7-13)31-20(23)24;1-11-26-19-16(8-13(21)10-25-19)29(11)18-7-12(9-24)6-17(28-18)27-14-2-4-15(5-3-14)30-20(22)23;1-11-25-15-6-13(20)14(21)7-16(15)28(11)19-10-22-9-18(27-19)26-12-2-3-17(24-8-12)23-4-5-29;1-10-22-13-6-11(19)2-4-14(13)25(10)17-9-20-8-16(24-17)23-12-3-5-15(18)21-7-12;1-10-22-13-4-2-11(19)6-14(13)25(10)17-9-20-8-16(24-17)23-12-3-5-15(18)21-7-12/h2-7,9,20H,1H3,(H,28,29);2-8,10,20H,1H3,(H,27,28);2-3,6-10,29H,4-5H2,1H3,(H,23,24)(H,26,27);2*2-9H,1H3,(H,23,24). The summed E-state index contributed by atoms with van der Waals surface area (Å²) in [7, 11) is 0. The third-order valence-electron chi connectivity index (χ3n) is 19.8. The summed E-state index contributed by atoms with van der Waals surface area (Å²) in [6.07, 6.45) is 17.3. The second-order valence-corrected chi connectivity index (χ2v) is 31.2. The predicted octanol–water partition coefficient (Wildman–Crippen LogP) is 21.2. The lowest BCUT2D eigenvalue weighted by Gasteiger charge is -2.12. The number of anilines is 11. The molecule has 0 saturated carbocycles. The van der Waals surface area contributed by atoms with E-state index in [-0.39, 0.29) is 41.1 Å². The Balaban J connectivity index is 0.000000126. The van der Waals surface area contributed by atoms with Crippen LogP contribution in [0.3, 0.4) is 0 Å². The number of aliphatic hydroxyl groups is 1. The molecule has 0 radical (unpaired) electrons. The zero-order chi connectivity index (χ0) is 98.5. The van der Waals surface area contributed by atoms with Crippen LogP contribution in [0.1, 0.15) is 40.2 Å². The average molecular weight is 1980 g/mol. The van der Waals surface area contributed by atoms with E-state index in [2.05, 4.69) is 137 Å². The lowest BCUT2D eigenvalue weighted by molar-refractivity contribution is -0.0523. The molecule has 702 valence electrons. The summed E-state index contributed by atoms with van der Waals surface area (Å²) in [5.74, 6) is 4.17. The molecule has 0 fully saturated rings. The maximum atomic E-state index is 14.0. The Morgan fingerprint density at radius 2 is 0.764 bits per heavy atom. The second-order valence-electron chi connectivity index (χ2n) is 29.6. The Bertz CT molecular complexity index is 8060. The van der Waals surface area contributed by atoms with Crippen LogP contribution in [-0.4, -0.2) is 144 Å². The molecule has 15 aromatic heterocycles. The van der Waals surface area contributed by atoms with Crippen molar-refractivity contribution in [2.24, 2.45) is 0 Å². The highest BCUT2D eigenvalue weighted by molar-refractivity contribution is 6.31. The van der Waals surface area contributed by atoms with Gasteiger partial charge in [-0.2, -0.15) is 28.1 Å². The van der Waals surface area contributed by atoms with Crippen molar-refractivity contribution in [2.75, 3.05) is 45.1 Å². The number of nitriles is 2. The molecule has 0 aliphatic rings. The number of nitrogens with one attached hydrogen (secondary N) is 6. The molecule has 0 amide bonds. The molecular weight excluding hydrogens is 1910 g/mol. The summed E-state index contributed by atoms with van der Waals surface area (Å²) < 4.78 is 135. The van der Waals surface area contributed by atoms with Crippen molar-refractivity contribution < 1.29 is 54.1 Å². The highest BCUT2D eigenvalue weighted by atomic mass is 35.5. The largest absolute Gasteiger partial charge is 0.435 e. The van der Waals surface area contributed by atoms with E-state index < -0.39 is 36.4 Å². The van der Waals surface area contributed by atoms with Crippen molar-refractivity contribution in [3.05, 3.63) is 322 Å². The number of rotatable bonds is 22. The normalized spacial score (nSPS) is 11.0. The van der Waals surface area contributed by atoms with E-state index in [1.165, 1.54) is 73.3 Å². The number of benzene rings is 5. The van der Waals surface area contributed by atoms with Gasteiger partial charge in [-0.1, -0.05) is 46.4 Å². The third-order valence-corrected chi connectivity index (χ3v) is 20.7. The minimum atomic E-state index is -3.14. The molecule has 5 aromatic carbocycles. The van der Waals surface area contributed by atoms with Crippen LogP contribution < -0.4 is 41.4 Å². The molecule has 0 saturated heterocycles. The van der Waals surface area contributed by atoms with Crippen molar-refractivity contribution in [3.8, 4) is 52.7 Å². The fourth-order valence-electron chi connectivity index (χ4n) is 14.1. The number of aliphatic hydroxyl groups excluding tert-OH is 1. The molecule has 15 heterocycles. The van der Waals surface area contributed by atoms with Crippen LogP contribution in [0, 0.1) is 86.4 Å². The van der Waals surface area contributed by atoms with E-state index in [0.29, 0.717) is 181 Å². The molecule has 20 rings (SSSR count). The molecule has 0 aliphatic carbocycles. The van der Waals surface area contributed by atoms with Crippen molar-refractivity contribution in [2.45, 2.75) is 47.8 Å². The topological polar surface area (TPSA) is 415 Å². The molecule has 0 spiro atoms. The fourth-order valence-corrected chi connectivity index (χ4v) is 14.6. The Labute approximate surface area is 805 Å². The monoisotopic (exact) mass is 1980 g/mol. The molecule has 0 atom stereocenters. The van der Waals surface area contributed by atoms with Gasteiger partial charge in [0.15, 0.2) is 69.4 Å². The van der Waals surface area contributed by atoms with Crippen molar-refractivity contribution >= 4 is 165 Å².